The second-order valence-electron chi connectivity index (χ2n) is 7.51. The molecule has 1 N–H and O–H groups in total. The average Bonchev–Trinajstić information content (AvgIpc) is 2.76. The summed E-state index contributed by atoms with van der Waals surface area (Å²) < 4.78 is 1.63. The van der Waals surface area contributed by atoms with Crippen molar-refractivity contribution < 1.29 is 0 Å². The molecule has 1 aliphatic rings. The molecular formula is C22H26N6O. The van der Waals surface area contributed by atoms with Crippen LogP contribution in [-0.2, 0) is 7.05 Å². The maximum absolute atomic E-state index is 12.6. The van der Waals surface area contributed by atoms with E-state index in [0.29, 0.717) is 11.6 Å². The highest BCUT2D eigenvalue weighted by molar-refractivity contribution is 5.59. The van der Waals surface area contributed by atoms with Gasteiger partial charge in [0, 0.05) is 76.5 Å². The van der Waals surface area contributed by atoms with Crippen molar-refractivity contribution in [2.75, 3.05) is 43.5 Å². The minimum atomic E-state index is -0.0627. The summed E-state index contributed by atoms with van der Waals surface area (Å²) in [6, 6.07) is 14.1. The molecule has 1 atom stereocenters. The fourth-order valence-electron chi connectivity index (χ4n) is 3.64. The summed E-state index contributed by atoms with van der Waals surface area (Å²) in [7, 11) is 5.86. The van der Waals surface area contributed by atoms with Gasteiger partial charge in [0.05, 0.1) is 5.69 Å². The molecule has 0 saturated carbocycles. The van der Waals surface area contributed by atoms with Crippen molar-refractivity contribution in [2.45, 2.75) is 6.04 Å². The van der Waals surface area contributed by atoms with E-state index in [1.165, 1.54) is 11.3 Å². The van der Waals surface area contributed by atoms with Crippen molar-refractivity contribution in [1.29, 1.82) is 0 Å². The first-order valence-electron chi connectivity index (χ1n) is 9.77. The van der Waals surface area contributed by atoms with Gasteiger partial charge in [0.1, 0.15) is 0 Å². The Morgan fingerprint density at radius 1 is 1.10 bits per heavy atom. The van der Waals surface area contributed by atoms with E-state index in [1.54, 1.807) is 30.1 Å². The summed E-state index contributed by atoms with van der Waals surface area (Å²) >= 11 is 0. The van der Waals surface area contributed by atoms with Crippen LogP contribution in [0.2, 0.25) is 0 Å². The van der Waals surface area contributed by atoms with Crippen LogP contribution < -0.4 is 20.7 Å². The van der Waals surface area contributed by atoms with Crippen LogP contribution in [-0.4, -0.2) is 48.3 Å². The van der Waals surface area contributed by atoms with Crippen LogP contribution in [0.25, 0.3) is 11.3 Å². The topological polar surface area (TPSA) is 66.3 Å². The van der Waals surface area contributed by atoms with E-state index in [9.17, 15) is 4.79 Å². The van der Waals surface area contributed by atoms with Crippen LogP contribution in [0, 0.1) is 0 Å². The van der Waals surface area contributed by atoms with Crippen LogP contribution in [0.5, 0.6) is 0 Å². The Kier molecular flexibility index (Phi) is 5.31. The van der Waals surface area contributed by atoms with Gasteiger partial charge in [0.2, 0.25) is 5.95 Å². The van der Waals surface area contributed by atoms with Gasteiger partial charge >= 0.3 is 0 Å². The highest BCUT2D eigenvalue weighted by Crippen LogP contribution is 2.24. The smallest absolute Gasteiger partial charge is 0.255 e. The number of rotatable bonds is 4. The number of benzene rings is 1. The van der Waals surface area contributed by atoms with Crippen LogP contribution >= 0.6 is 0 Å². The molecule has 0 bridgehead atoms. The lowest BCUT2D eigenvalue weighted by Gasteiger charge is -2.35. The van der Waals surface area contributed by atoms with Crippen LogP contribution in [0.15, 0.2) is 59.7 Å². The van der Waals surface area contributed by atoms with Crippen molar-refractivity contribution in [2.24, 2.45) is 7.05 Å². The zero-order chi connectivity index (χ0) is 20.4. The zero-order valence-electron chi connectivity index (χ0n) is 17.0. The van der Waals surface area contributed by atoms with E-state index in [4.69, 9.17) is 4.98 Å². The molecule has 0 radical (unpaired) electrons. The molecule has 4 rings (SSSR count). The van der Waals surface area contributed by atoms with Crippen LogP contribution in [0.4, 0.5) is 11.6 Å². The lowest BCUT2D eigenvalue weighted by Crippen LogP contribution is -2.47. The Bertz CT molecular complexity index is 1030. The van der Waals surface area contributed by atoms with Gasteiger partial charge in [0.25, 0.3) is 5.56 Å². The van der Waals surface area contributed by atoms with Gasteiger partial charge in [0.15, 0.2) is 0 Å². The minimum Gasteiger partial charge on any atom is -0.378 e. The Hall–Kier alpha value is -3.19. The highest BCUT2D eigenvalue weighted by Gasteiger charge is 2.24. The Morgan fingerprint density at radius 3 is 2.52 bits per heavy atom. The van der Waals surface area contributed by atoms with E-state index in [1.807, 2.05) is 26.2 Å². The van der Waals surface area contributed by atoms with E-state index < -0.39 is 0 Å². The number of anilines is 2. The summed E-state index contributed by atoms with van der Waals surface area (Å²) in [6.07, 6.45) is 3.43. The molecule has 3 aromatic rings. The number of nitrogens with one attached hydrogen (secondary N) is 1. The third-order valence-electron chi connectivity index (χ3n) is 5.36. The third kappa shape index (κ3) is 4.00. The summed E-state index contributed by atoms with van der Waals surface area (Å²) in [5.41, 5.74) is 3.92. The first kappa shape index (κ1) is 19.1. The maximum atomic E-state index is 12.6. The monoisotopic (exact) mass is 390 g/mol. The Morgan fingerprint density at radius 2 is 1.83 bits per heavy atom. The molecule has 1 fully saturated rings. The molecule has 7 nitrogen and oxygen atoms in total. The van der Waals surface area contributed by atoms with E-state index in [0.717, 1.165) is 25.2 Å². The zero-order valence-corrected chi connectivity index (χ0v) is 17.0. The van der Waals surface area contributed by atoms with Gasteiger partial charge in [-0.2, -0.15) is 0 Å². The first-order valence-corrected chi connectivity index (χ1v) is 9.77. The lowest BCUT2D eigenvalue weighted by atomic mass is 10.0. The number of pyridine rings is 1. The molecule has 1 aliphatic heterocycles. The molecule has 0 aliphatic carbocycles. The largest absolute Gasteiger partial charge is 0.378 e. The molecular weight excluding hydrogens is 364 g/mol. The highest BCUT2D eigenvalue weighted by atomic mass is 16.1. The SMILES string of the molecule is CN(C)c1ccc(C2CN(c3nc(-c4ccncc4)cc(=O)n3C)CCN2)cc1. The van der Waals surface area contributed by atoms with Crippen molar-refractivity contribution in [3.8, 4) is 11.3 Å². The quantitative estimate of drug-likeness (QED) is 0.736. The summed E-state index contributed by atoms with van der Waals surface area (Å²) in [5.74, 6) is 0.695. The number of hydrogen-bond acceptors (Lipinski definition) is 6. The molecule has 0 amide bonds. The number of aromatic nitrogens is 3. The molecule has 29 heavy (non-hydrogen) atoms. The minimum absolute atomic E-state index is 0.0627. The van der Waals surface area contributed by atoms with Gasteiger partial charge in [-0.05, 0) is 29.8 Å². The van der Waals surface area contributed by atoms with Gasteiger partial charge in [-0.1, -0.05) is 12.1 Å². The Balaban J connectivity index is 1.62. The fraction of sp³-hybridized carbons (Fsp3) is 0.318. The van der Waals surface area contributed by atoms with Crippen molar-refractivity contribution in [3.63, 3.8) is 0 Å². The standard InChI is InChI=1S/C22H26N6O/c1-26(2)18-6-4-16(5-7-18)20-15-28(13-12-24-20)22-25-19(14-21(29)27(22)3)17-8-10-23-11-9-17/h4-11,14,20,24H,12-13,15H2,1-3H3. The molecule has 1 unspecified atom stereocenters. The van der Waals surface area contributed by atoms with E-state index in [-0.39, 0.29) is 11.6 Å². The molecule has 1 saturated heterocycles. The second kappa shape index (κ2) is 8.05. The second-order valence-corrected chi connectivity index (χ2v) is 7.51. The molecule has 1 aromatic carbocycles. The number of nitrogens with zero attached hydrogens (tertiary/aromatic N) is 5. The van der Waals surface area contributed by atoms with Gasteiger partial charge < -0.3 is 15.1 Å². The van der Waals surface area contributed by atoms with Crippen LogP contribution in [0.3, 0.4) is 0 Å². The van der Waals surface area contributed by atoms with E-state index >= 15 is 0 Å². The predicted octanol–water partition coefficient (Wildman–Crippen LogP) is 2.06. The maximum Gasteiger partial charge on any atom is 0.255 e. The average molecular weight is 390 g/mol. The van der Waals surface area contributed by atoms with Crippen LogP contribution in [0.1, 0.15) is 11.6 Å². The van der Waals surface area contributed by atoms with Crippen molar-refractivity contribution in [1.82, 2.24) is 19.9 Å². The number of piperazine rings is 1. The Labute approximate surface area is 170 Å². The third-order valence-corrected chi connectivity index (χ3v) is 5.36. The molecule has 2 aromatic heterocycles. The van der Waals surface area contributed by atoms with Crippen molar-refractivity contribution >= 4 is 11.6 Å². The molecule has 3 heterocycles. The van der Waals surface area contributed by atoms with Crippen molar-refractivity contribution in [3.05, 3.63) is 70.8 Å². The van der Waals surface area contributed by atoms with Gasteiger partial charge in [-0.25, -0.2) is 4.98 Å². The fourth-order valence-corrected chi connectivity index (χ4v) is 3.64. The summed E-state index contributed by atoms with van der Waals surface area (Å²) in [4.78, 5) is 25.7. The lowest BCUT2D eigenvalue weighted by molar-refractivity contribution is 0.462. The molecule has 150 valence electrons. The van der Waals surface area contributed by atoms with E-state index in [2.05, 4.69) is 44.4 Å². The first-order chi connectivity index (χ1) is 14.0. The predicted molar refractivity (Wildman–Crippen MR) is 116 cm³/mol. The molecule has 7 heteroatoms. The normalized spacial score (nSPS) is 16.7. The summed E-state index contributed by atoms with van der Waals surface area (Å²) in [5, 5.41) is 3.59. The number of hydrogen-bond donors (Lipinski definition) is 1. The molecule has 0 spiro atoms. The van der Waals surface area contributed by atoms with Gasteiger partial charge in [-0.15, -0.1) is 0 Å². The van der Waals surface area contributed by atoms with Gasteiger partial charge in [-0.3, -0.25) is 14.3 Å². The summed E-state index contributed by atoms with van der Waals surface area (Å²) in [6.45, 7) is 2.38.